The Bertz CT molecular complexity index is 1560. The fourth-order valence-electron chi connectivity index (χ4n) is 4.70. The molecule has 0 unspecified atom stereocenters. The van der Waals surface area contributed by atoms with Crippen molar-refractivity contribution in [3.63, 3.8) is 0 Å². The monoisotopic (exact) mass is 532 g/mol. The number of hydrogen-bond donors (Lipinski definition) is 1. The van der Waals surface area contributed by atoms with Crippen molar-refractivity contribution in [2.24, 2.45) is 0 Å². The van der Waals surface area contributed by atoms with Crippen LogP contribution in [0.15, 0.2) is 115 Å². The van der Waals surface area contributed by atoms with E-state index in [9.17, 15) is 14.9 Å². The number of nitro groups is 1. The second kappa shape index (κ2) is 12.1. The Hall–Kier alpha value is -5.24. The Morgan fingerprint density at radius 1 is 0.900 bits per heavy atom. The van der Waals surface area contributed by atoms with Crippen molar-refractivity contribution in [2.45, 2.75) is 12.3 Å². The van der Waals surface area contributed by atoms with Gasteiger partial charge in [0.1, 0.15) is 11.4 Å². The first-order valence-electron chi connectivity index (χ1n) is 12.9. The summed E-state index contributed by atoms with van der Waals surface area (Å²) in [5, 5.41) is 18.9. The topological polar surface area (TPSA) is 99.3 Å². The minimum atomic E-state index is -0.460. The minimum absolute atomic E-state index is 0.0391. The summed E-state index contributed by atoms with van der Waals surface area (Å²) in [5.41, 5.74) is 4.54. The number of non-ortho nitro benzene ring substituents is 1. The number of methoxy groups -OCH3 is 1. The first kappa shape index (κ1) is 26.4. The number of rotatable bonds is 10. The molecular weight excluding hydrogens is 504 g/mol. The van der Waals surface area contributed by atoms with Crippen LogP contribution in [-0.4, -0.2) is 34.3 Å². The van der Waals surface area contributed by atoms with Crippen LogP contribution in [0.4, 0.5) is 5.69 Å². The number of carbonyl (C=O) groups excluding carboxylic acids is 1. The van der Waals surface area contributed by atoms with Crippen molar-refractivity contribution >= 4 is 11.6 Å². The zero-order valence-corrected chi connectivity index (χ0v) is 21.9. The maximum Gasteiger partial charge on any atom is 0.270 e. The molecule has 0 saturated carbocycles. The summed E-state index contributed by atoms with van der Waals surface area (Å²) in [6.07, 6.45) is 0.703. The summed E-state index contributed by atoms with van der Waals surface area (Å²) in [5.74, 6) is 0.496. The lowest BCUT2D eigenvalue weighted by Gasteiger charge is -2.18. The molecule has 0 atom stereocenters. The highest BCUT2D eigenvalue weighted by atomic mass is 16.6. The molecule has 40 heavy (non-hydrogen) atoms. The Kier molecular flexibility index (Phi) is 7.97. The summed E-state index contributed by atoms with van der Waals surface area (Å²) in [6.45, 7) is 0.438. The van der Waals surface area contributed by atoms with E-state index < -0.39 is 4.92 Å². The largest absolute Gasteiger partial charge is 0.497 e. The SMILES string of the molecule is COc1cccc(-c2cc(C(=O)NCCC(c3ccccc3)c3ccccc3)n(-c3ccc([N+](=O)[O-])cc3)n2)c1. The van der Waals surface area contributed by atoms with E-state index in [1.807, 2.05) is 60.7 Å². The van der Waals surface area contributed by atoms with Gasteiger partial charge in [-0.3, -0.25) is 14.9 Å². The Labute approximate surface area is 232 Å². The predicted molar refractivity (Wildman–Crippen MR) is 154 cm³/mol. The van der Waals surface area contributed by atoms with Crippen LogP contribution < -0.4 is 10.1 Å². The summed E-state index contributed by atoms with van der Waals surface area (Å²) >= 11 is 0. The number of hydrogen-bond acceptors (Lipinski definition) is 5. The van der Waals surface area contributed by atoms with Crippen LogP contribution in [0.2, 0.25) is 0 Å². The highest BCUT2D eigenvalue weighted by Crippen LogP contribution is 2.28. The van der Waals surface area contributed by atoms with Gasteiger partial charge in [0.2, 0.25) is 0 Å². The molecule has 0 aliphatic carbocycles. The molecule has 0 fully saturated rings. The average molecular weight is 533 g/mol. The molecule has 4 aromatic carbocycles. The lowest BCUT2D eigenvalue weighted by molar-refractivity contribution is -0.384. The average Bonchev–Trinajstić information content (AvgIpc) is 3.46. The number of nitrogens with one attached hydrogen (secondary N) is 1. The maximum absolute atomic E-state index is 13.5. The Balaban J connectivity index is 1.42. The molecule has 0 bridgehead atoms. The normalized spacial score (nSPS) is 10.8. The molecule has 0 radical (unpaired) electrons. The Morgan fingerprint density at radius 2 is 1.55 bits per heavy atom. The van der Waals surface area contributed by atoms with Gasteiger partial charge in [0, 0.05) is 30.2 Å². The van der Waals surface area contributed by atoms with Crippen molar-refractivity contribution in [3.05, 3.63) is 142 Å². The number of benzene rings is 4. The minimum Gasteiger partial charge on any atom is -0.497 e. The van der Waals surface area contributed by atoms with Gasteiger partial charge >= 0.3 is 0 Å². The zero-order valence-electron chi connectivity index (χ0n) is 21.9. The van der Waals surface area contributed by atoms with Crippen LogP contribution >= 0.6 is 0 Å². The fourth-order valence-corrected chi connectivity index (χ4v) is 4.70. The first-order chi connectivity index (χ1) is 19.5. The second-order valence-corrected chi connectivity index (χ2v) is 9.25. The molecule has 0 aliphatic heterocycles. The van der Waals surface area contributed by atoms with Crippen molar-refractivity contribution in [1.29, 1.82) is 0 Å². The van der Waals surface area contributed by atoms with Crippen LogP contribution in [0, 0.1) is 10.1 Å². The van der Waals surface area contributed by atoms with E-state index in [2.05, 4.69) is 29.6 Å². The van der Waals surface area contributed by atoms with Gasteiger partial charge in [-0.2, -0.15) is 5.10 Å². The summed E-state index contributed by atoms with van der Waals surface area (Å²) < 4.78 is 6.87. The zero-order chi connectivity index (χ0) is 27.9. The molecule has 1 heterocycles. The van der Waals surface area contributed by atoms with Crippen LogP contribution in [0.3, 0.4) is 0 Å². The van der Waals surface area contributed by atoms with Crippen molar-refractivity contribution in [3.8, 4) is 22.7 Å². The lowest BCUT2D eigenvalue weighted by atomic mass is 9.88. The van der Waals surface area contributed by atoms with Crippen molar-refractivity contribution in [2.75, 3.05) is 13.7 Å². The summed E-state index contributed by atoms with van der Waals surface area (Å²) in [6, 6.07) is 35.6. The number of nitro benzene ring substituents is 1. The third-order valence-corrected chi connectivity index (χ3v) is 6.74. The highest BCUT2D eigenvalue weighted by Gasteiger charge is 2.20. The number of nitrogens with zero attached hydrogens (tertiary/aromatic N) is 3. The number of carbonyl (C=O) groups is 1. The van der Waals surface area contributed by atoms with E-state index in [1.54, 1.807) is 25.3 Å². The third-order valence-electron chi connectivity index (χ3n) is 6.74. The van der Waals surface area contributed by atoms with Gasteiger partial charge < -0.3 is 10.1 Å². The number of amides is 1. The van der Waals surface area contributed by atoms with Crippen molar-refractivity contribution < 1.29 is 14.5 Å². The first-order valence-corrected chi connectivity index (χ1v) is 12.9. The van der Waals surface area contributed by atoms with Crippen LogP contribution in [0.1, 0.15) is 34.0 Å². The number of ether oxygens (including phenoxy) is 1. The smallest absolute Gasteiger partial charge is 0.270 e. The molecule has 0 aliphatic rings. The van der Waals surface area contributed by atoms with Gasteiger partial charge in [-0.1, -0.05) is 72.8 Å². The van der Waals surface area contributed by atoms with Gasteiger partial charge in [0.25, 0.3) is 11.6 Å². The molecule has 5 aromatic rings. The van der Waals surface area contributed by atoms with E-state index in [4.69, 9.17) is 9.84 Å². The molecule has 0 saturated heterocycles. The highest BCUT2D eigenvalue weighted by molar-refractivity contribution is 5.94. The van der Waals surface area contributed by atoms with Crippen LogP contribution in [0.25, 0.3) is 16.9 Å². The fraction of sp³-hybridized carbons (Fsp3) is 0.125. The van der Waals surface area contributed by atoms with Crippen molar-refractivity contribution in [1.82, 2.24) is 15.1 Å². The molecule has 8 heteroatoms. The second-order valence-electron chi connectivity index (χ2n) is 9.25. The molecule has 1 aromatic heterocycles. The number of aromatic nitrogens is 2. The molecule has 0 spiro atoms. The van der Waals surface area contributed by atoms with Crippen LogP contribution in [0.5, 0.6) is 5.75 Å². The van der Waals surface area contributed by atoms with Gasteiger partial charge in [0.05, 0.1) is 23.4 Å². The maximum atomic E-state index is 13.5. The summed E-state index contributed by atoms with van der Waals surface area (Å²) in [7, 11) is 1.59. The molecule has 8 nitrogen and oxygen atoms in total. The molecule has 1 amide bonds. The Morgan fingerprint density at radius 3 is 2.15 bits per heavy atom. The lowest BCUT2D eigenvalue weighted by Crippen LogP contribution is -2.28. The van der Waals surface area contributed by atoms with Gasteiger partial charge in [-0.25, -0.2) is 4.68 Å². The van der Waals surface area contributed by atoms with E-state index in [-0.39, 0.29) is 17.5 Å². The van der Waals surface area contributed by atoms with Gasteiger partial charge in [0.15, 0.2) is 0 Å². The quantitative estimate of drug-likeness (QED) is 0.166. The van der Waals surface area contributed by atoms with Gasteiger partial charge in [-0.05, 0) is 47.9 Å². The van der Waals surface area contributed by atoms with E-state index in [0.717, 1.165) is 5.56 Å². The third kappa shape index (κ3) is 5.91. The van der Waals surface area contributed by atoms with E-state index in [0.29, 0.717) is 35.8 Å². The molecule has 1 N–H and O–H groups in total. The van der Waals surface area contributed by atoms with E-state index in [1.165, 1.54) is 27.9 Å². The van der Waals surface area contributed by atoms with Crippen LogP contribution in [-0.2, 0) is 0 Å². The summed E-state index contributed by atoms with van der Waals surface area (Å²) in [4.78, 5) is 24.2. The molecule has 200 valence electrons. The van der Waals surface area contributed by atoms with Gasteiger partial charge in [-0.15, -0.1) is 0 Å². The van der Waals surface area contributed by atoms with E-state index >= 15 is 0 Å². The molecular formula is C32H28N4O4. The standard InChI is InChI=1S/C32H28N4O4/c1-40-28-14-8-13-25(21-28)30-22-31(35(34-30)26-15-17-27(18-16-26)36(38)39)32(37)33-20-19-29(23-9-4-2-5-10-23)24-11-6-3-7-12-24/h2-18,21-22,29H,19-20H2,1H3,(H,33,37). The molecule has 5 rings (SSSR count). The predicted octanol–water partition coefficient (Wildman–Crippen LogP) is 6.41.